The number of aliphatic imine (C=N–C) groups is 1. The van der Waals surface area contributed by atoms with Gasteiger partial charge in [-0.3, -0.25) is 9.79 Å². The Bertz CT molecular complexity index is 845. The van der Waals surface area contributed by atoms with E-state index in [0.29, 0.717) is 19.6 Å². The zero-order valence-electron chi connectivity index (χ0n) is 15.3. The number of amidine groups is 1. The number of nitrogens with zero attached hydrogens (tertiary/aromatic N) is 5. The Balaban J connectivity index is 1.35. The number of halogens is 1. The standard InChI is InChI=1S/C20H22FN5O/c1-15-10-16(12-17(21)11-15)13-20(27)25-8-6-24(7-9-25)19-3-2-18-4-5-22-14-26(18)23-19/h2-4,10-12,14H,5-9,13H2,1H3. The molecule has 0 bridgehead atoms. The van der Waals surface area contributed by atoms with Crippen molar-refractivity contribution in [2.75, 3.05) is 32.7 Å². The molecular formula is C20H22FN5O. The van der Waals surface area contributed by atoms with Crippen LogP contribution in [0.5, 0.6) is 0 Å². The van der Waals surface area contributed by atoms with Crippen LogP contribution in [0.3, 0.4) is 0 Å². The number of carbonyl (C=O) groups is 1. The molecule has 6 nitrogen and oxygen atoms in total. The monoisotopic (exact) mass is 367 g/mol. The largest absolute Gasteiger partial charge is 0.352 e. The molecule has 7 heteroatoms. The number of aryl methyl sites for hydroxylation is 1. The van der Waals surface area contributed by atoms with E-state index >= 15 is 0 Å². The number of hydrazone groups is 1. The maximum absolute atomic E-state index is 13.5. The Labute approximate surface area is 158 Å². The summed E-state index contributed by atoms with van der Waals surface area (Å²) in [7, 11) is 0. The molecule has 4 rings (SSSR count). The second-order valence-corrected chi connectivity index (χ2v) is 6.93. The van der Waals surface area contributed by atoms with E-state index in [0.717, 1.165) is 35.7 Å². The molecule has 3 aliphatic rings. The molecule has 3 aliphatic heterocycles. The van der Waals surface area contributed by atoms with E-state index < -0.39 is 0 Å². The molecule has 0 N–H and O–H groups in total. The number of benzene rings is 1. The first-order chi connectivity index (χ1) is 13.1. The van der Waals surface area contributed by atoms with Crippen molar-refractivity contribution in [2.45, 2.75) is 13.3 Å². The number of piperazine rings is 1. The van der Waals surface area contributed by atoms with E-state index in [-0.39, 0.29) is 18.1 Å². The Kier molecular flexibility index (Phi) is 4.75. The van der Waals surface area contributed by atoms with Gasteiger partial charge in [0.1, 0.15) is 18.0 Å². The van der Waals surface area contributed by atoms with Crippen molar-refractivity contribution < 1.29 is 9.18 Å². The first kappa shape index (κ1) is 17.5. The van der Waals surface area contributed by atoms with Crippen LogP contribution in [0.4, 0.5) is 4.39 Å². The summed E-state index contributed by atoms with van der Waals surface area (Å²) >= 11 is 0. The molecule has 1 aromatic rings. The van der Waals surface area contributed by atoms with Gasteiger partial charge in [0, 0.05) is 26.2 Å². The molecule has 3 heterocycles. The number of hydrogen-bond donors (Lipinski definition) is 0. The van der Waals surface area contributed by atoms with E-state index in [1.54, 1.807) is 11.3 Å². The zero-order valence-corrected chi connectivity index (χ0v) is 15.3. The zero-order chi connectivity index (χ0) is 18.8. The fraction of sp³-hybridized carbons (Fsp3) is 0.350. The van der Waals surface area contributed by atoms with Crippen LogP contribution < -0.4 is 0 Å². The smallest absolute Gasteiger partial charge is 0.227 e. The van der Waals surface area contributed by atoms with Crippen molar-refractivity contribution >= 4 is 18.1 Å². The van der Waals surface area contributed by atoms with E-state index in [2.05, 4.69) is 15.0 Å². The first-order valence-corrected chi connectivity index (χ1v) is 9.13. The number of rotatable bonds is 2. The van der Waals surface area contributed by atoms with E-state index in [1.165, 1.54) is 12.1 Å². The summed E-state index contributed by atoms with van der Waals surface area (Å²) < 4.78 is 13.5. The maximum atomic E-state index is 13.5. The Morgan fingerprint density at radius 3 is 2.74 bits per heavy atom. The lowest BCUT2D eigenvalue weighted by Gasteiger charge is -2.37. The molecule has 0 spiro atoms. The van der Waals surface area contributed by atoms with Gasteiger partial charge in [0.25, 0.3) is 0 Å². The van der Waals surface area contributed by atoms with Gasteiger partial charge in [0.15, 0.2) is 0 Å². The van der Waals surface area contributed by atoms with Gasteiger partial charge < -0.3 is 9.80 Å². The fourth-order valence-corrected chi connectivity index (χ4v) is 3.52. The first-order valence-electron chi connectivity index (χ1n) is 9.13. The van der Waals surface area contributed by atoms with Gasteiger partial charge in [-0.15, -0.1) is 5.10 Å². The molecule has 1 fully saturated rings. The highest BCUT2D eigenvalue weighted by Gasteiger charge is 2.24. The Morgan fingerprint density at radius 1 is 1.15 bits per heavy atom. The minimum absolute atomic E-state index is 0.0363. The minimum Gasteiger partial charge on any atom is -0.352 e. The minimum atomic E-state index is -0.292. The molecule has 1 aromatic carbocycles. The van der Waals surface area contributed by atoms with Gasteiger partial charge in [0.2, 0.25) is 5.91 Å². The van der Waals surface area contributed by atoms with Gasteiger partial charge in [-0.1, -0.05) is 6.07 Å². The molecule has 0 radical (unpaired) electrons. The van der Waals surface area contributed by atoms with Crippen molar-refractivity contribution in [3.8, 4) is 0 Å². The molecule has 0 saturated carbocycles. The van der Waals surface area contributed by atoms with Crippen molar-refractivity contribution in [1.29, 1.82) is 0 Å². The van der Waals surface area contributed by atoms with Crippen molar-refractivity contribution in [2.24, 2.45) is 10.1 Å². The molecule has 0 atom stereocenters. The summed E-state index contributed by atoms with van der Waals surface area (Å²) in [5.41, 5.74) is 2.59. The SMILES string of the molecule is Cc1cc(F)cc(CC(=O)N2CCN(C3=NN4C=NCC=C4C=C3)CC2)c1. The van der Waals surface area contributed by atoms with Gasteiger partial charge in [-0.05, 0) is 48.4 Å². The molecule has 0 unspecified atom stereocenters. The van der Waals surface area contributed by atoms with Crippen LogP contribution >= 0.6 is 0 Å². The number of hydrogen-bond acceptors (Lipinski definition) is 5. The molecule has 1 saturated heterocycles. The summed E-state index contributed by atoms with van der Waals surface area (Å²) in [5.74, 6) is 0.627. The highest BCUT2D eigenvalue weighted by Crippen LogP contribution is 2.17. The van der Waals surface area contributed by atoms with Crippen LogP contribution in [0.25, 0.3) is 0 Å². The molecular weight excluding hydrogens is 345 g/mol. The van der Waals surface area contributed by atoms with E-state index in [9.17, 15) is 9.18 Å². The number of allylic oxidation sites excluding steroid dienone is 1. The third-order valence-corrected chi connectivity index (χ3v) is 4.89. The predicted octanol–water partition coefficient (Wildman–Crippen LogP) is 1.93. The summed E-state index contributed by atoms with van der Waals surface area (Å²) in [4.78, 5) is 20.8. The van der Waals surface area contributed by atoms with E-state index in [1.807, 2.05) is 36.1 Å². The normalized spacial score (nSPS) is 19.0. The second-order valence-electron chi connectivity index (χ2n) is 6.93. The summed E-state index contributed by atoms with van der Waals surface area (Å²) in [6, 6.07) is 4.77. The van der Waals surface area contributed by atoms with Crippen molar-refractivity contribution in [1.82, 2.24) is 14.8 Å². The van der Waals surface area contributed by atoms with Crippen LogP contribution in [0, 0.1) is 12.7 Å². The highest BCUT2D eigenvalue weighted by molar-refractivity contribution is 5.95. The third kappa shape index (κ3) is 3.92. The lowest BCUT2D eigenvalue weighted by Crippen LogP contribution is -2.51. The van der Waals surface area contributed by atoms with Crippen LogP contribution in [0.15, 0.2) is 52.2 Å². The Hall–Kier alpha value is -2.96. The summed E-state index contributed by atoms with van der Waals surface area (Å²) in [6.45, 7) is 5.24. The van der Waals surface area contributed by atoms with Gasteiger partial charge >= 0.3 is 0 Å². The topological polar surface area (TPSA) is 51.5 Å². The van der Waals surface area contributed by atoms with Crippen molar-refractivity contribution in [3.05, 3.63) is 59.1 Å². The molecule has 140 valence electrons. The Morgan fingerprint density at radius 2 is 1.96 bits per heavy atom. The van der Waals surface area contributed by atoms with Crippen LogP contribution in [-0.4, -0.2) is 65.6 Å². The molecule has 1 amide bonds. The number of amides is 1. The van der Waals surface area contributed by atoms with Gasteiger partial charge in [-0.25, -0.2) is 9.40 Å². The third-order valence-electron chi connectivity index (χ3n) is 4.89. The molecule has 0 aromatic heterocycles. The lowest BCUT2D eigenvalue weighted by molar-refractivity contribution is -0.131. The summed E-state index contributed by atoms with van der Waals surface area (Å²) in [6.07, 6.45) is 8.05. The number of carbonyl (C=O) groups excluding carboxylic acids is 1. The lowest BCUT2D eigenvalue weighted by atomic mass is 10.1. The quantitative estimate of drug-likeness (QED) is 0.803. The maximum Gasteiger partial charge on any atom is 0.227 e. The summed E-state index contributed by atoms with van der Waals surface area (Å²) in [5, 5.41) is 6.39. The fourth-order valence-electron chi connectivity index (χ4n) is 3.52. The van der Waals surface area contributed by atoms with Crippen LogP contribution in [0.1, 0.15) is 11.1 Å². The molecule has 0 aliphatic carbocycles. The van der Waals surface area contributed by atoms with Gasteiger partial charge in [-0.2, -0.15) is 0 Å². The van der Waals surface area contributed by atoms with Crippen molar-refractivity contribution in [3.63, 3.8) is 0 Å². The van der Waals surface area contributed by atoms with Gasteiger partial charge in [0.05, 0.1) is 18.7 Å². The van der Waals surface area contributed by atoms with Crippen LogP contribution in [-0.2, 0) is 11.2 Å². The average molecular weight is 367 g/mol. The molecule has 27 heavy (non-hydrogen) atoms. The second kappa shape index (κ2) is 7.34. The van der Waals surface area contributed by atoms with Crippen LogP contribution in [0.2, 0.25) is 0 Å². The predicted molar refractivity (Wildman–Crippen MR) is 103 cm³/mol. The number of fused-ring (bicyclic) bond motifs is 1. The average Bonchev–Trinajstić information content (AvgIpc) is 2.67. The highest BCUT2D eigenvalue weighted by atomic mass is 19.1. The van der Waals surface area contributed by atoms with E-state index in [4.69, 9.17) is 0 Å².